The van der Waals surface area contributed by atoms with E-state index < -0.39 is 0 Å². The molecule has 0 nitrogen and oxygen atoms in total. The van der Waals surface area contributed by atoms with Crippen LogP contribution in [0.25, 0.3) is 0 Å². The first-order valence-corrected chi connectivity index (χ1v) is 3.98. The van der Waals surface area contributed by atoms with Gasteiger partial charge >= 0.3 is 0 Å². The highest BCUT2D eigenvalue weighted by Crippen LogP contribution is 2.08. The molecule has 0 aliphatic rings. The van der Waals surface area contributed by atoms with E-state index in [0.29, 0.717) is 0 Å². The molecule has 0 saturated heterocycles. The van der Waals surface area contributed by atoms with Crippen LogP contribution in [0.1, 0.15) is 33.1 Å². The van der Waals surface area contributed by atoms with Crippen molar-refractivity contribution in [1.29, 1.82) is 0 Å². The predicted octanol–water partition coefficient (Wildman–Crippen LogP) is 3.51. The lowest BCUT2D eigenvalue weighted by Gasteiger charge is -1.98. The van der Waals surface area contributed by atoms with E-state index in [1.165, 1.54) is 18.4 Å². The summed E-state index contributed by atoms with van der Waals surface area (Å²) in [7, 11) is 0. The second-order valence-electron chi connectivity index (χ2n) is 2.36. The van der Waals surface area contributed by atoms with E-state index in [2.05, 4.69) is 26.8 Å². The molecule has 0 aliphatic carbocycles. The standard InChI is InChI=1S/C10H17/c1-4-7-9-10(6-3)8-5-2/h4,7,9H,1,5-6,8H2,2-3H3. The Kier molecular flexibility index (Phi) is 6.25. The lowest BCUT2D eigenvalue weighted by atomic mass is 10.1. The van der Waals surface area contributed by atoms with E-state index in [0.717, 1.165) is 6.42 Å². The lowest BCUT2D eigenvalue weighted by molar-refractivity contribution is 0.859. The number of rotatable bonds is 4. The van der Waals surface area contributed by atoms with E-state index in [1.807, 2.05) is 12.2 Å². The smallest absolute Gasteiger partial charge is 0.0313 e. The summed E-state index contributed by atoms with van der Waals surface area (Å²) in [6.45, 7) is 8.03. The van der Waals surface area contributed by atoms with Gasteiger partial charge in [0.05, 0.1) is 0 Å². The Morgan fingerprint density at radius 1 is 1.40 bits per heavy atom. The highest BCUT2D eigenvalue weighted by Gasteiger charge is 1.88. The fourth-order valence-electron chi connectivity index (χ4n) is 0.903. The largest absolute Gasteiger partial charge is 0.0842 e. The van der Waals surface area contributed by atoms with E-state index in [-0.39, 0.29) is 0 Å². The Labute approximate surface area is 64.6 Å². The molecule has 1 radical (unpaired) electrons. The molecule has 0 bridgehead atoms. The van der Waals surface area contributed by atoms with Crippen LogP contribution in [-0.4, -0.2) is 0 Å². The lowest BCUT2D eigenvalue weighted by Crippen LogP contribution is -1.77. The van der Waals surface area contributed by atoms with Gasteiger partial charge in [-0.05, 0) is 19.8 Å². The molecule has 0 N–H and O–H groups in total. The highest BCUT2D eigenvalue weighted by atomic mass is 13.9. The van der Waals surface area contributed by atoms with Gasteiger partial charge in [0.25, 0.3) is 0 Å². The van der Waals surface area contributed by atoms with E-state index >= 15 is 0 Å². The molecule has 0 heteroatoms. The Morgan fingerprint density at radius 2 is 2.10 bits per heavy atom. The zero-order valence-electron chi connectivity index (χ0n) is 7.06. The van der Waals surface area contributed by atoms with Crippen molar-refractivity contribution in [3.05, 3.63) is 30.7 Å². The summed E-state index contributed by atoms with van der Waals surface area (Å²) in [6, 6.07) is 0. The summed E-state index contributed by atoms with van der Waals surface area (Å²) in [4.78, 5) is 0. The minimum absolute atomic E-state index is 1.16. The first kappa shape index (κ1) is 9.48. The number of hydrogen-bond donors (Lipinski definition) is 0. The normalized spacial score (nSPS) is 12.9. The van der Waals surface area contributed by atoms with Crippen LogP contribution < -0.4 is 0 Å². The Balaban J connectivity index is 3.78. The van der Waals surface area contributed by atoms with E-state index in [4.69, 9.17) is 0 Å². The van der Waals surface area contributed by atoms with Crippen molar-refractivity contribution in [2.24, 2.45) is 0 Å². The Hall–Kier alpha value is -0.520. The van der Waals surface area contributed by atoms with Crippen molar-refractivity contribution in [3.63, 3.8) is 0 Å². The average Bonchev–Trinajstić information content (AvgIpc) is 1.98. The maximum atomic E-state index is 3.63. The third-order valence-electron chi connectivity index (χ3n) is 1.49. The highest BCUT2D eigenvalue weighted by molar-refractivity contribution is 5.12. The van der Waals surface area contributed by atoms with Gasteiger partial charge in [-0.2, -0.15) is 0 Å². The zero-order chi connectivity index (χ0) is 7.82. The number of hydrogen-bond acceptors (Lipinski definition) is 0. The van der Waals surface area contributed by atoms with Gasteiger partial charge in [-0.3, -0.25) is 0 Å². The van der Waals surface area contributed by atoms with Gasteiger partial charge in [-0.15, -0.1) is 0 Å². The summed E-state index contributed by atoms with van der Waals surface area (Å²) >= 11 is 0. The van der Waals surface area contributed by atoms with Gasteiger partial charge in [0, 0.05) is 0 Å². The topological polar surface area (TPSA) is 0 Å². The molecule has 0 rings (SSSR count). The Bertz CT molecular complexity index is 118. The van der Waals surface area contributed by atoms with Crippen LogP contribution in [0.15, 0.2) is 23.8 Å². The monoisotopic (exact) mass is 137 g/mol. The fourth-order valence-corrected chi connectivity index (χ4v) is 0.903. The van der Waals surface area contributed by atoms with Crippen LogP contribution in [0, 0.1) is 6.92 Å². The molecule has 0 saturated carbocycles. The van der Waals surface area contributed by atoms with Crippen molar-refractivity contribution >= 4 is 0 Å². The van der Waals surface area contributed by atoms with Gasteiger partial charge in [-0.1, -0.05) is 44.1 Å². The third kappa shape index (κ3) is 4.37. The maximum Gasteiger partial charge on any atom is -0.0313 e. The molecule has 0 aliphatic heterocycles. The molecular formula is C10H17. The van der Waals surface area contributed by atoms with Crippen LogP contribution in [0.4, 0.5) is 0 Å². The van der Waals surface area contributed by atoms with Crippen molar-refractivity contribution < 1.29 is 0 Å². The Morgan fingerprint density at radius 3 is 2.50 bits per heavy atom. The van der Waals surface area contributed by atoms with Crippen LogP contribution >= 0.6 is 0 Å². The molecule has 0 spiro atoms. The van der Waals surface area contributed by atoms with Crippen LogP contribution in [0.2, 0.25) is 0 Å². The van der Waals surface area contributed by atoms with Crippen LogP contribution in [0.5, 0.6) is 0 Å². The van der Waals surface area contributed by atoms with E-state index in [1.54, 1.807) is 0 Å². The van der Waals surface area contributed by atoms with Crippen LogP contribution in [-0.2, 0) is 0 Å². The summed E-state index contributed by atoms with van der Waals surface area (Å²) < 4.78 is 0. The van der Waals surface area contributed by atoms with E-state index in [9.17, 15) is 0 Å². The molecule has 0 amide bonds. The van der Waals surface area contributed by atoms with Gasteiger partial charge in [0.2, 0.25) is 0 Å². The van der Waals surface area contributed by atoms with Gasteiger partial charge in [0.15, 0.2) is 0 Å². The van der Waals surface area contributed by atoms with Crippen molar-refractivity contribution in [1.82, 2.24) is 0 Å². The molecular weight excluding hydrogens is 120 g/mol. The predicted molar refractivity (Wildman–Crippen MR) is 47.8 cm³/mol. The molecule has 0 aromatic heterocycles. The minimum atomic E-state index is 1.16. The maximum absolute atomic E-state index is 3.63. The fraction of sp³-hybridized carbons (Fsp3) is 0.500. The SMILES string of the molecule is [CH2]C=CC=C(CC)CCC. The van der Waals surface area contributed by atoms with Gasteiger partial charge in [0.1, 0.15) is 0 Å². The summed E-state index contributed by atoms with van der Waals surface area (Å²) in [5.74, 6) is 0. The molecule has 10 heavy (non-hydrogen) atoms. The molecule has 0 heterocycles. The van der Waals surface area contributed by atoms with Gasteiger partial charge < -0.3 is 0 Å². The van der Waals surface area contributed by atoms with Crippen molar-refractivity contribution in [2.45, 2.75) is 33.1 Å². The molecule has 0 atom stereocenters. The van der Waals surface area contributed by atoms with Gasteiger partial charge in [-0.25, -0.2) is 0 Å². The summed E-state index contributed by atoms with van der Waals surface area (Å²) in [5.41, 5.74) is 1.52. The quantitative estimate of drug-likeness (QED) is 0.520. The summed E-state index contributed by atoms with van der Waals surface area (Å²) in [6.07, 6.45) is 9.62. The first-order chi connectivity index (χ1) is 4.85. The third-order valence-corrected chi connectivity index (χ3v) is 1.49. The first-order valence-electron chi connectivity index (χ1n) is 3.98. The molecule has 0 unspecified atom stereocenters. The molecule has 0 aromatic carbocycles. The summed E-state index contributed by atoms with van der Waals surface area (Å²) in [5, 5.41) is 0. The van der Waals surface area contributed by atoms with Crippen molar-refractivity contribution in [3.8, 4) is 0 Å². The zero-order valence-corrected chi connectivity index (χ0v) is 7.06. The second kappa shape index (κ2) is 6.60. The minimum Gasteiger partial charge on any atom is -0.0842 e. The molecule has 57 valence electrons. The molecule has 0 fully saturated rings. The van der Waals surface area contributed by atoms with Crippen LogP contribution in [0.3, 0.4) is 0 Å². The van der Waals surface area contributed by atoms with Crippen molar-refractivity contribution in [2.75, 3.05) is 0 Å². The second-order valence-corrected chi connectivity index (χ2v) is 2.36. The average molecular weight is 137 g/mol. The molecule has 0 aromatic rings. The number of allylic oxidation sites excluding steroid dienone is 4.